The number of carbonyl (C=O) groups excluding carboxylic acids is 1. The second-order valence-corrected chi connectivity index (χ2v) is 3.74. The standard InChI is InChI=1S/C11H12N2O4/c1-6-10(14)13-8-4-7(5-12-11(15)16)2-3-9(8)17-6/h2-4,6,12H,5H2,1H3,(H,13,14)(H,15,16). The van der Waals surface area contributed by atoms with Crippen LogP contribution in [-0.2, 0) is 11.3 Å². The number of ether oxygens (including phenoxy) is 1. The van der Waals surface area contributed by atoms with E-state index >= 15 is 0 Å². The van der Waals surface area contributed by atoms with Gasteiger partial charge >= 0.3 is 6.09 Å². The van der Waals surface area contributed by atoms with Crippen LogP contribution in [0.25, 0.3) is 0 Å². The molecule has 0 radical (unpaired) electrons. The van der Waals surface area contributed by atoms with Crippen molar-refractivity contribution in [2.24, 2.45) is 0 Å². The molecule has 1 aliphatic heterocycles. The number of amides is 2. The third kappa shape index (κ3) is 2.47. The van der Waals surface area contributed by atoms with E-state index in [0.717, 1.165) is 5.56 Å². The summed E-state index contributed by atoms with van der Waals surface area (Å²) in [5, 5.41) is 13.4. The van der Waals surface area contributed by atoms with Crippen LogP contribution in [0, 0.1) is 0 Å². The Bertz CT molecular complexity index is 473. The zero-order valence-corrected chi connectivity index (χ0v) is 9.19. The Labute approximate surface area is 97.6 Å². The normalized spacial score (nSPS) is 17.7. The molecule has 0 aliphatic carbocycles. The summed E-state index contributed by atoms with van der Waals surface area (Å²) >= 11 is 0. The van der Waals surface area contributed by atoms with Gasteiger partial charge in [0.25, 0.3) is 5.91 Å². The molecule has 1 aliphatic rings. The molecule has 0 spiro atoms. The Morgan fingerprint density at radius 2 is 2.35 bits per heavy atom. The van der Waals surface area contributed by atoms with E-state index in [1.165, 1.54) is 0 Å². The highest BCUT2D eigenvalue weighted by atomic mass is 16.5. The van der Waals surface area contributed by atoms with Gasteiger partial charge in [-0.2, -0.15) is 0 Å². The lowest BCUT2D eigenvalue weighted by Crippen LogP contribution is -2.34. The topological polar surface area (TPSA) is 87.7 Å². The molecule has 1 aromatic rings. The van der Waals surface area contributed by atoms with Crippen molar-refractivity contribution in [2.45, 2.75) is 19.6 Å². The summed E-state index contributed by atoms with van der Waals surface area (Å²) in [6.45, 7) is 1.85. The highest BCUT2D eigenvalue weighted by molar-refractivity contribution is 5.97. The third-order valence-electron chi connectivity index (χ3n) is 2.42. The summed E-state index contributed by atoms with van der Waals surface area (Å²) in [6, 6.07) is 5.15. The molecule has 1 unspecified atom stereocenters. The SMILES string of the molecule is CC1Oc2ccc(CNC(=O)O)cc2NC1=O. The van der Waals surface area contributed by atoms with E-state index < -0.39 is 12.2 Å². The summed E-state index contributed by atoms with van der Waals surface area (Å²) in [6.07, 6.45) is -1.60. The Balaban J connectivity index is 2.17. The van der Waals surface area contributed by atoms with Gasteiger partial charge in [-0.05, 0) is 24.6 Å². The van der Waals surface area contributed by atoms with Crippen LogP contribution in [0.3, 0.4) is 0 Å². The molecule has 0 fully saturated rings. The van der Waals surface area contributed by atoms with Gasteiger partial charge < -0.3 is 20.5 Å². The molecule has 1 atom stereocenters. The lowest BCUT2D eigenvalue weighted by Gasteiger charge is -2.23. The van der Waals surface area contributed by atoms with Crippen LogP contribution in [0.15, 0.2) is 18.2 Å². The minimum Gasteiger partial charge on any atom is -0.479 e. The molecule has 2 amide bonds. The molecular weight excluding hydrogens is 224 g/mol. The van der Waals surface area contributed by atoms with E-state index in [0.29, 0.717) is 11.4 Å². The van der Waals surface area contributed by atoms with Crippen molar-refractivity contribution in [1.82, 2.24) is 5.32 Å². The number of hydrogen-bond donors (Lipinski definition) is 3. The number of carbonyl (C=O) groups is 2. The monoisotopic (exact) mass is 236 g/mol. The average molecular weight is 236 g/mol. The zero-order chi connectivity index (χ0) is 12.4. The summed E-state index contributed by atoms with van der Waals surface area (Å²) in [4.78, 5) is 21.7. The minimum atomic E-state index is -1.09. The lowest BCUT2D eigenvalue weighted by atomic mass is 10.1. The summed E-state index contributed by atoms with van der Waals surface area (Å²) < 4.78 is 5.38. The first-order valence-electron chi connectivity index (χ1n) is 5.13. The van der Waals surface area contributed by atoms with Gasteiger partial charge in [0.15, 0.2) is 6.10 Å². The van der Waals surface area contributed by atoms with Crippen molar-refractivity contribution in [3.63, 3.8) is 0 Å². The van der Waals surface area contributed by atoms with Gasteiger partial charge in [-0.1, -0.05) is 6.07 Å². The fourth-order valence-corrected chi connectivity index (χ4v) is 1.54. The lowest BCUT2D eigenvalue weighted by molar-refractivity contribution is -0.122. The van der Waals surface area contributed by atoms with Crippen molar-refractivity contribution in [1.29, 1.82) is 0 Å². The number of carboxylic acid groups (broad SMARTS) is 1. The van der Waals surface area contributed by atoms with Crippen LogP contribution in [0.4, 0.5) is 10.5 Å². The maximum atomic E-state index is 11.4. The van der Waals surface area contributed by atoms with E-state index in [9.17, 15) is 9.59 Å². The Morgan fingerprint density at radius 3 is 3.06 bits per heavy atom. The number of fused-ring (bicyclic) bond motifs is 1. The molecule has 0 aromatic heterocycles. The highest BCUT2D eigenvalue weighted by Gasteiger charge is 2.23. The van der Waals surface area contributed by atoms with Crippen LogP contribution in [0.1, 0.15) is 12.5 Å². The fraction of sp³-hybridized carbons (Fsp3) is 0.273. The van der Waals surface area contributed by atoms with Gasteiger partial charge in [-0.25, -0.2) is 4.79 Å². The van der Waals surface area contributed by atoms with Crippen molar-refractivity contribution >= 4 is 17.7 Å². The summed E-state index contributed by atoms with van der Waals surface area (Å²) in [5.74, 6) is 0.386. The number of nitrogens with one attached hydrogen (secondary N) is 2. The van der Waals surface area contributed by atoms with E-state index in [-0.39, 0.29) is 12.5 Å². The predicted octanol–water partition coefficient (Wildman–Crippen LogP) is 1.17. The van der Waals surface area contributed by atoms with Crippen LogP contribution in [0.2, 0.25) is 0 Å². The van der Waals surface area contributed by atoms with E-state index in [2.05, 4.69) is 10.6 Å². The van der Waals surface area contributed by atoms with Gasteiger partial charge in [0, 0.05) is 6.54 Å². The number of anilines is 1. The van der Waals surface area contributed by atoms with Crippen LogP contribution in [0.5, 0.6) is 5.75 Å². The third-order valence-corrected chi connectivity index (χ3v) is 2.42. The molecule has 0 saturated heterocycles. The van der Waals surface area contributed by atoms with Crippen LogP contribution in [-0.4, -0.2) is 23.2 Å². The first-order chi connectivity index (χ1) is 8.06. The molecule has 0 saturated carbocycles. The largest absolute Gasteiger partial charge is 0.479 e. The zero-order valence-electron chi connectivity index (χ0n) is 9.19. The Kier molecular flexibility index (Phi) is 2.86. The second kappa shape index (κ2) is 4.32. The smallest absolute Gasteiger partial charge is 0.404 e. The van der Waals surface area contributed by atoms with Gasteiger partial charge in [0.2, 0.25) is 0 Å². The van der Waals surface area contributed by atoms with E-state index in [1.807, 2.05) is 0 Å². The minimum absolute atomic E-state index is 0.189. The van der Waals surface area contributed by atoms with Gasteiger partial charge in [-0.15, -0.1) is 0 Å². The molecule has 6 nitrogen and oxygen atoms in total. The quantitative estimate of drug-likeness (QED) is 0.719. The van der Waals surface area contributed by atoms with Gasteiger partial charge in [0.1, 0.15) is 5.75 Å². The molecule has 17 heavy (non-hydrogen) atoms. The average Bonchev–Trinajstić information content (AvgIpc) is 2.28. The molecule has 1 heterocycles. The number of rotatable bonds is 2. The van der Waals surface area contributed by atoms with E-state index in [4.69, 9.17) is 9.84 Å². The van der Waals surface area contributed by atoms with Crippen molar-refractivity contribution in [3.05, 3.63) is 23.8 Å². The molecule has 3 N–H and O–H groups in total. The number of hydrogen-bond acceptors (Lipinski definition) is 3. The Hall–Kier alpha value is -2.24. The molecular formula is C11H12N2O4. The van der Waals surface area contributed by atoms with E-state index in [1.54, 1.807) is 25.1 Å². The fourth-order valence-electron chi connectivity index (χ4n) is 1.54. The summed E-state index contributed by atoms with van der Waals surface area (Å²) in [7, 11) is 0. The number of benzene rings is 1. The van der Waals surface area contributed by atoms with Crippen molar-refractivity contribution < 1.29 is 19.4 Å². The van der Waals surface area contributed by atoms with Crippen molar-refractivity contribution in [3.8, 4) is 5.75 Å². The first-order valence-corrected chi connectivity index (χ1v) is 5.13. The molecule has 1 aromatic carbocycles. The highest BCUT2D eigenvalue weighted by Crippen LogP contribution is 2.30. The maximum Gasteiger partial charge on any atom is 0.404 e. The molecule has 2 rings (SSSR count). The van der Waals surface area contributed by atoms with Crippen molar-refractivity contribution in [2.75, 3.05) is 5.32 Å². The predicted molar refractivity (Wildman–Crippen MR) is 60.0 cm³/mol. The molecule has 6 heteroatoms. The van der Waals surface area contributed by atoms with Crippen LogP contribution < -0.4 is 15.4 Å². The summed E-state index contributed by atoms with van der Waals surface area (Å²) in [5.41, 5.74) is 1.32. The molecule has 0 bridgehead atoms. The maximum absolute atomic E-state index is 11.4. The first kappa shape index (κ1) is 11.3. The Morgan fingerprint density at radius 1 is 1.59 bits per heavy atom. The van der Waals surface area contributed by atoms with Crippen LogP contribution >= 0.6 is 0 Å². The van der Waals surface area contributed by atoms with Gasteiger partial charge in [0.05, 0.1) is 5.69 Å². The molecule has 90 valence electrons. The van der Waals surface area contributed by atoms with Gasteiger partial charge in [-0.3, -0.25) is 4.79 Å². The second-order valence-electron chi connectivity index (χ2n) is 3.74.